The van der Waals surface area contributed by atoms with E-state index in [1.807, 2.05) is 0 Å². The molecule has 0 atom stereocenters. The van der Waals surface area contributed by atoms with Crippen molar-refractivity contribution in [3.05, 3.63) is 59.3 Å². The summed E-state index contributed by atoms with van der Waals surface area (Å²) in [5, 5.41) is 10.4. The van der Waals surface area contributed by atoms with Crippen molar-refractivity contribution in [1.29, 1.82) is 0 Å². The first-order valence-electron chi connectivity index (χ1n) is 7.17. The highest BCUT2D eigenvalue weighted by Crippen LogP contribution is 2.37. The van der Waals surface area contributed by atoms with Gasteiger partial charge in [-0.25, -0.2) is 9.78 Å². The van der Waals surface area contributed by atoms with E-state index in [0.717, 1.165) is 0 Å². The third-order valence-corrected chi connectivity index (χ3v) is 5.20. The van der Waals surface area contributed by atoms with Crippen LogP contribution in [0.1, 0.15) is 21.6 Å². The molecule has 142 valence electrons. The number of aromatic nitrogens is 1. The van der Waals surface area contributed by atoms with Gasteiger partial charge >= 0.3 is 5.97 Å². The van der Waals surface area contributed by atoms with E-state index in [1.165, 1.54) is 12.1 Å². The van der Waals surface area contributed by atoms with E-state index >= 15 is 0 Å². The first kappa shape index (κ1) is 19.9. The van der Waals surface area contributed by atoms with Gasteiger partial charge in [-0.1, -0.05) is 46.4 Å². The van der Waals surface area contributed by atoms with Crippen LogP contribution >= 0.6 is 46.4 Å². The number of pyridine rings is 1. The number of benzene rings is 1. The molecule has 0 bridgehead atoms. The minimum Gasteiger partial charge on any atom is -0.467 e. The molecule has 0 fully saturated rings. The first-order chi connectivity index (χ1) is 12.8. The van der Waals surface area contributed by atoms with Gasteiger partial charge in [-0.15, -0.1) is 0 Å². The Labute approximate surface area is 172 Å². The molecule has 0 saturated heterocycles. The van der Waals surface area contributed by atoms with Gasteiger partial charge < -0.3 is 14.2 Å². The maximum atomic E-state index is 12.3. The molecule has 0 aliphatic carbocycles. The number of fused-ring (bicyclic) bond motifs is 1. The van der Waals surface area contributed by atoms with Crippen molar-refractivity contribution in [2.45, 2.75) is 13.2 Å². The monoisotopic (exact) mass is 452 g/mol. The molecule has 0 N–H and O–H groups in total. The topological polar surface area (TPSA) is 101 Å². The number of ether oxygens (including phenoxy) is 3. The lowest BCUT2D eigenvalue weighted by atomic mass is 10.1. The van der Waals surface area contributed by atoms with E-state index in [0.29, 0.717) is 11.3 Å². The number of esters is 1. The molecule has 0 unspecified atom stereocenters. The molecule has 8 nitrogen and oxygen atoms in total. The van der Waals surface area contributed by atoms with Gasteiger partial charge in [-0.3, -0.25) is 10.1 Å². The van der Waals surface area contributed by atoms with Crippen molar-refractivity contribution in [2.75, 3.05) is 6.79 Å². The standard InChI is InChI=1S/C15H8Cl4N2O6/c16-9-10(17)12(20-14(19)11(9)18)15(22)26-4-7-2-8(21(23)24)1-6-3-25-5-27-13(6)7/h1-2H,3-5H2. The third-order valence-electron chi connectivity index (χ3n) is 3.52. The molecule has 0 saturated carbocycles. The second kappa shape index (κ2) is 8.04. The minimum absolute atomic E-state index is 0.0262. The number of rotatable bonds is 4. The van der Waals surface area contributed by atoms with Crippen molar-refractivity contribution in [1.82, 2.24) is 4.98 Å². The molecule has 3 rings (SSSR count). The van der Waals surface area contributed by atoms with E-state index in [1.54, 1.807) is 0 Å². The average molecular weight is 454 g/mol. The minimum atomic E-state index is -0.937. The zero-order valence-electron chi connectivity index (χ0n) is 13.1. The van der Waals surface area contributed by atoms with Crippen LogP contribution in [0.5, 0.6) is 5.75 Å². The van der Waals surface area contributed by atoms with E-state index in [2.05, 4.69) is 4.98 Å². The zero-order valence-corrected chi connectivity index (χ0v) is 16.2. The van der Waals surface area contributed by atoms with Gasteiger partial charge in [-0.05, 0) is 0 Å². The van der Waals surface area contributed by atoms with Crippen LogP contribution in [0, 0.1) is 10.1 Å². The number of nitro groups is 1. The number of hydrogen-bond donors (Lipinski definition) is 0. The lowest BCUT2D eigenvalue weighted by Gasteiger charge is -2.20. The van der Waals surface area contributed by atoms with E-state index in [9.17, 15) is 14.9 Å². The Morgan fingerprint density at radius 3 is 2.67 bits per heavy atom. The Morgan fingerprint density at radius 2 is 1.96 bits per heavy atom. The summed E-state index contributed by atoms with van der Waals surface area (Å²) in [6, 6.07) is 2.57. The van der Waals surface area contributed by atoms with Crippen molar-refractivity contribution < 1.29 is 23.9 Å². The number of halogens is 4. The Balaban J connectivity index is 1.88. The molecule has 0 radical (unpaired) electrons. The Bertz CT molecular complexity index is 953. The summed E-state index contributed by atoms with van der Waals surface area (Å²) in [5.41, 5.74) is 0.232. The highest BCUT2D eigenvalue weighted by molar-refractivity contribution is 6.52. The van der Waals surface area contributed by atoms with E-state index in [-0.39, 0.29) is 57.2 Å². The number of nitro benzene ring substituents is 1. The first-order valence-corrected chi connectivity index (χ1v) is 8.68. The zero-order chi connectivity index (χ0) is 19.7. The van der Waals surface area contributed by atoms with Gasteiger partial charge in [0.15, 0.2) is 12.5 Å². The molecule has 0 amide bonds. The quantitative estimate of drug-likeness (QED) is 0.283. The highest BCUT2D eigenvalue weighted by Gasteiger charge is 2.24. The third kappa shape index (κ3) is 4.04. The van der Waals surface area contributed by atoms with Crippen LogP contribution in [0.3, 0.4) is 0 Å². The van der Waals surface area contributed by atoms with Crippen LogP contribution < -0.4 is 4.74 Å². The SMILES string of the molecule is O=C(OCc1cc([N+](=O)[O-])cc2c1OCOC2)c1nc(Cl)c(Cl)c(Cl)c1Cl. The molecule has 0 spiro atoms. The summed E-state index contributed by atoms with van der Waals surface area (Å²) in [7, 11) is 0. The molecule has 1 aliphatic heterocycles. The van der Waals surface area contributed by atoms with Crippen molar-refractivity contribution in [2.24, 2.45) is 0 Å². The smallest absolute Gasteiger partial charge is 0.358 e. The number of non-ortho nitro benzene ring substituents is 1. The van der Waals surface area contributed by atoms with E-state index < -0.39 is 10.9 Å². The number of carbonyl (C=O) groups excluding carboxylic acids is 1. The van der Waals surface area contributed by atoms with Gasteiger partial charge in [0.2, 0.25) is 0 Å². The fourth-order valence-corrected chi connectivity index (χ4v) is 3.13. The number of hydrogen-bond acceptors (Lipinski definition) is 7. The molecule has 1 aliphatic rings. The average Bonchev–Trinajstić information content (AvgIpc) is 2.66. The molecule has 27 heavy (non-hydrogen) atoms. The van der Waals surface area contributed by atoms with Crippen molar-refractivity contribution in [3.63, 3.8) is 0 Å². The lowest BCUT2D eigenvalue weighted by molar-refractivity contribution is -0.385. The molecule has 2 heterocycles. The van der Waals surface area contributed by atoms with Crippen LogP contribution in [0.25, 0.3) is 0 Å². The Morgan fingerprint density at radius 1 is 1.22 bits per heavy atom. The van der Waals surface area contributed by atoms with Crippen LogP contribution in [0.2, 0.25) is 20.2 Å². The summed E-state index contributed by atoms with van der Waals surface area (Å²) in [6.07, 6.45) is 0. The molecule has 12 heteroatoms. The maximum absolute atomic E-state index is 12.3. The van der Waals surface area contributed by atoms with Crippen molar-refractivity contribution in [3.8, 4) is 5.75 Å². The summed E-state index contributed by atoms with van der Waals surface area (Å²) in [6.45, 7) is -0.228. The summed E-state index contributed by atoms with van der Waals surface area (Å²) in [4.78, 5) is 26.6. The summed E-state index contributed by atoms with van der Waals surface area (Å²) in [5.74, 6) is -0.585. The van der Waals surface area contributed by atoms with Gasteiger partial charge in [0.05, 0.1) is 26.6 Å². The second-order valence-electron chi connectivity index (χ2n) is 5.23. The summed E-state index contributed by atoms with van der Waals surface area (Å²) >= 11 is 23.5. The highest BCUT2D eigenvalue weighted by atomic mass is 35.5. The normalized spacial score (nSPS) is 12.9. The number of nitrogens with zero attached hydrogens (tertiary/aromatic N) is 2. The molecular weight excluding hydrogens is 446 g/mol. The van der Waals surface area contributed by atoms with Crippen molar-refractivity contribution >= 4 is 58.1 Å². The number of carbonyl (C=O) groups is 1. The second-order valence-corrected chi connectivity index (χ2v) is 6.72. The molecule has 1 aromatic heterocycles. The maximum Gasteiger partial charge on any atom is 0.358 e. The van der Waals surface area contributed by atoms with Crippen LogP contribution in [0.15, 0.2) is 12.1 Å². The van der Waals surface area contributed by atoms with Gasteiger partial charge in [0.25, 0.3) is 5.69 Å². The lowest BCUT2D eigenvalue weighted by Crippen LogP contribution is -2.15. The fraction of sp³-hybridized carbons (Fsp3) is 0.200. The summed E-state index contributed by atoms with van der Waals surface area (Å²) < 4.78 is 15.6. The Kier molecular flexibility index (Phi) is 5.92. The fourth-order valence-electron chi connectivity index (χ4n) is 2.33. The van der Waals surface area contributed by atoms with Crippen LogP contribution in [-0.2, 0) is 22.7 Å². The Hall–Kier alpha value is -1.84. The van der Waals surface area contributed by atoms with Gasteiger partial charge in [0.1, 0.15) is 17.5 Å². The van der Waals surface area contributed by atoms with Gasteiger partial charge in [0, 0.05) is 23.3 Å². The molecule has 1 aromatic carbocycles. The molecule has 2 aromatic rings. The van der Waals surface area contributed by atoms with Gasteiger partial charge in [-0.2, -0.15) is 0 Å². The predicted octanol–water partition coefficient (Wildman–Crippen LogP) is 4.83. The predicted molar refractivity (Wildman–Crippen MR) is 96.8 cm³/mol. The molecular formula is C15H8Cl4N2O6. The van der Waals surface area contributed by atoms with E-state index in [4.69, 9.17) is 60.6 Å². The van der Waals surface area contributed by atoms with Crippen LogP contribution in [-0.4, -0.2) is 22.7 Å². The van der Waals surface area contributed by atoms with Crippen LogP contribution in [0.4, 0.5) is 5.69 Å². The largest absolute Gasteiger partial charge is 0.467 e.